The molecule has 1 amide bonds. The molecule has 0 saturated heterocycles. The van der Waals surface area contributed by atoms with Crippen LogP contribution >= 0.6 is 0 Å². The molecule has 0 fully saturated rings. The highest BCUT2D eigenvalue weighted by molar-refractivity contribution is 6.05. The van der Waals surface area contributed by atoms with Crippen LogP contribution in [0, 0.1) is 0 Å². The van der Waals surface area contributed by atoms with Crippen molar-refractivity contribution in [1.29, 1.82) is 0 Å². The van der Waals surface area contributed by atoms with Gasteiger partial charge in [-0.05, 0) is 36.4 Å². The lowest BCUT2D eigenvalue weighted by atomic mass is 10.1. The lowest BCUT2D eigenvalue weighted by molar-refractivity contribution is 0.102. The normalized spacial score (nSPS) is 10.4. The van der Waals surface area contributed by atoms with Crippen molar-refractivity contribution in [3.8, 4) is 5.75 Å². The van der Waals surface area contributed by atoms with Gasteiger partial charge in [-0.1, -0.05) is 6.07 Å². The van der Waals surface area contributed by atoms with Gasteiger partial charge in [0.25, 0.3) is 5.91 Å². The van der Waals surface area contributed by atoms with Gasteiger partial charge in [0.1, 0.15) is 11.3 Å². The van der Waals surface area contributed by atoms with Crippen LogP contribution in [0.4, 0.5) is 5.69 Å². The molecule has 0 saturated carbocycles. The van der Waals surface area contributed by atoms with E-state index in [0.717, 1.165) is 0 Å². The summed E-state index contributed by atoms with van der Waals surface area (Å²) >= 11 is 0. The monoisotopic (exact) mass is 295 g/mol. The Balaban J connectivity index is 1.90. The molecule has 3 aromatic rings. The average Bonchev–Trinajstić information content (AvgIpc) is 2.55. The Hall–Kier alpha value is -3.08. The number of hydrogen-bond acceptors (Lipinski definition) is 4. The van der Waals surface area contributed by atoms with Gasteiger partial charge in [-0.15, -0.1) is 0 Å². The Kier molecular flexibility index (Phi) is 3.62. The van der Waals surface area contributed by atoms with E-state index in [0.29, 0.717) is 28.0 Å². The SMILES string of the molecule is COc1cccc(C(=O)Nc2ccc3occc(=O)c3c2)c1. The third-order valence-corrected chi connectivity index (χ3v) is 3.25. The van der Waals surface area contributed by atoms with E-state index in [-0.39, 0.29) is 11.3 Å². The summed E-state index contributed by atoms with van der Waals surface area (Å²) in [6.07, 6.45) is 1.35. The number of methoxy groups -OCH3 is 1. The molecule has 1 heterocycles. The number of benzene rings is 2. The number of fused-ring (bicyclic) bond motifs is 1. The Morgan fingerprint density at radius 1 is 1.14 bits per heavy atom. The number of ether oxygens (including phenoxy) is 1. The van der Waals surface area contributed by atoms with Crippen molar-refractivity contribution in [2.45, 2.75) is 0 Å². The fraction of sp³-hybridized carbons (Fsp3) is 0.0588. The first-order valence-corrected chi connectivity index (χ1v) is 6.64. The van der Waals surface area contributed by atoms with Crippen molar-refractivity contribution >= 4 is 22.6 Å². The second-order valence-corrected chi connectivity index (χ2v) is 4.68. The Bertz CT molecular complexity index is 898. The van der Waals surface area contributed by atoms with E-state index < -0.39 is 0 Å². The van der Waals surface area contributed by atoms with Crippen LogP contribution in [0.2, 0.25) is 0 Å². The quantitative estimate of drug-likeness (QED) is 0.806. The maximum Gasteiger partial charge on any atom is 0.255 e. The lowest BCUT2D eigenvalue weighted by Gasteiger charge is -2.07. The van der Waals surface area contributed by atoms with Crippen molar-refractivity contribution in [2.75, 3.05) is 12.4 Å². The molecule has 0 aliphatic carbocycles. The lowest BCUT2D eigenvalue weighted by Crippen LogP contribution is -2.12. The molecule has 0 spiro atoms. The van der Waals surface area contributed by atoms with E-state index in [9.17, 15) is 9.59 Å². The molecule has 0 unspecified atom stereocenters. The van der Waals surface area contributed by atoms with Gasteiger partial charge in [-0.2, -0.15) is 0 Å². The molecule has 5 nitrogen and oxygen atoms in total. The molecule has 3 rings (SSSR count). The first-order valence-electron chi connectivity index (χ1n) is 6.64. The fourth-order valence-electron chi connectivity index (χ4n) is 2.13. The van der Waals surface area contributed by atoms with Crippen LogP contribution in [0.5, 0.6) is 5.75 Å². The van der Waals surface area contributed by atoms with Crippen LogP contribution in [-0.2, 0) is 0 Å². The molecule has 0 aliphatic rings. The molecular weight excluding hydrogens is 282 g/mol. The van der Waals surface area contributed by atoms with Crippen molar-refractivity contribution in [3.05, 3.63) is 70.6 Å². The summed E-state index contributed by atoms with van der Waals surface area (Å²) in [6, 6.07) is 13.1. The Morgan fingerprint density at radius 2 is 2.00 bits per heavy atom. The Morgan fingerprint density at radius 3 is 2.82 bits per heavy atom. The smallest absolute Gasteiger partial charge is 0.255 e. The number of carbonyl (C=O) groups excluding carboxylic acids is 1. The van der Waals surface area contributed by atoms with Gasteiger partial charge < -0.3 is 14.5 Å². The van der Waals surface area contributed by atoms with Crippen LogP contribution in [-0.4, -0.2) is 13.0 Å². The van der Waals surface area contributed by atoms with E-state index in [1.54, 1.807) is 49.6 Å². The molecule has 0 aliphatic heterocycles. The third-order valence-electron chi connectivity index (χ3n) is 3.25. The fourth-order valence-corrected chi connectivity index (χ4v) is 2.13. The van der Waals surface area contributed by atoms with Crippen LogP contribution in [0.1, 0.15) is 10.4 Å². The molecule has 5 heteroatoms. The van der Waals surface area contributed by atoms with E-state index >= 15 is 0 Å². The summed E-state index contributed by atoms with van der Waals surface area (Å²) < 4.78 is 10.3. The maximum atomic E-state index is 12.2. The number of rotatable bonds is 3. The summed E-state index contributed by atoms with van der Waals surface area (Å²) in [4.78, 5) is 24.0. The minimum absolute atomic E-state index is 0.154. The zero-order valence-electron chi connectivity index (χ0n) is 11.8. The van der Waals surface area contributed by atoms with Crippen molar-refractivity contribution in [1.82, 2.24) is 0 Å². The molecule has 1 N–H and O–H groups in total. The van der Waals surface area contributed by atoms with Gasteiger partial charge in [0.15, 0.2) is 5.43 Å². The van der Waals surface area contributed by atoms with Crippen LogP contribution in [0.25, 0.3) is 11.0 Å². The summed E-state index contributed by atoms with van der Waals surface area (Å²) in [6.45, 7) is 0. The van der Waals surface area contributed by atoms with Gasteiger partial charge in [-0.25, -0.2) is 0 Å². The number of nitrogens with one attached hydrogen (secondary N) is 1. The van der Waals surface area contributed by atoms with Crippen LogP contribution in [0.3, 0.4) is 0 Å². The first-order chi connectivity index (χ1) is 10.7. The van der Waals surface area contributed by atoms with E-state index in [1.807, 2.05) is 0 Å². The minimum atomic E-state index is -0.279. The average molecular weight is 295 g/mol. The predicted molar refractivity (Wildman–Crippen MR) is 83.4 cm³/mol. The third kappa shape index (κ3) is 2.69. The summed E-state index contributed by atoms with van der Waals surface area (Å²) in [7, 11) is 1.54. The predicted octanol–water partition coefficient (Wildman–Crippen LogP) is 3.05. The second kappa shape index (κ2) is 5.73. The standard InChI is InChI=1S/C17H13NO4/c1-21-13-4-2-3-11(9-13)17(20)18-12-5-6-16-14(10-12)15(19)7-8-22-16/h2-10H,1H3,(H,18,20). The largest absolute Gasteiger partial charge is 0.497 e. The molecule has 22 heavy (non-hydrogen) atoms. The number of anilines is 1. The second-order valence-electron chi connectivity index (χ2n) is 4.68. The molecule has 0 radical (unpaired) electrons. The van der Waals surface area contributed by atoms with Crippen molar-refractivity contribution in [3.63, 3.8) is 0 Å². The molecule has 1 aromatic heterocycles. The van der Waals surface area contributed by atoms with Crippen LogP contribution in [0.15, 0.2) is 64.0 Å². The molecular formula is C17H13NO4. The zero-order valence-corrected chi connectivity index (χ0v) is 11.8. The molecule has 0 bridgehead atoms. The van der Waals surface area contributed by atoms with Gasteiger partial charge in [-0.3, -0.25) is 9.59 Å². The molecule has 0 atom stereocenters. The summed E-state index contributed by atoms with van der Waals surface area (Å²) in [5.41, 5.74) is 1.32. The first kappa shape index (κ1) is 13.9. The van der Waals surface area contributed by atoms with Gasteiger partial charge in [0, 0.05) is 17.3 Å². The van der Waals surface area contributed by atoms with E-state index in [2.05, 4.69) is 5.32 Å². The number of carbonyl (C=O) groups is 1. The van der Waals surface area contributed by atoms with E-state index in [1.165, 1.54) is 12.3 Å². The summed E-state index contributed by atoms with van der Waals surface area (Å²) in [5.74, 6) is 0.324. The molecule has 2 aromatic carbocycles. The topological polar surface area (TPSA) is 68.5 Å². The maximum absolute atomic E-state index is 12.2. The van der Waals surface area contributed by atoms with Gasteiger partial charge in [0.05, 0.1) is 18.8 Å². The summed E-state index contributed by atoms with van der Waals surface area (Å²) in [5, 5.41) is 3.18. The number of hydrogen-bond donors (Lipinski definition) is 1. The van der Waals surface area contributed by atoms with Crippen molar-refractivity contribution < 1.29 is 13.9 Å². The van der Waals surface area contributed by atoms with Gasteiger partial charge in [0.2, 0.25) is 0 Å². The van der Waals surface area contributed by atoms with E-state index in [4.69, 9.17) is 9.15 Å². The number of amides is 1. The Labute approximate surface area is 126 Å². The van der Waals surface area contributed by atoms with Crippen molar-refractivity contribution in [2.24, 2.45) is 0 Å². The van der Waals surface area contributed by atoms with Gasteiger partial charge >= 0.3 is 0 Å². The minimum Gasteiger partial charge on any atom is -0.497 e. The highest BCUT2D eigenvalue weighted by Crippen LogP contribution is 2.18. The zero-order chi connectivity index (χ0) is 15.5. The highest BCUT2D eigenvalue weighted by Gasteiger charge is 2.08. The highest BCUT2D eigenvalue weighted by atomic mass is 16.5. The van der Waals surface area contributed by atoms with Crippen LogP contribution < -0.4 is 15.5 Å². The molecule has 110 valence electrons.